The monoisotopic (exact) mass is 514 g/mol. The van der Waals surface area contributed by atoms with Crippen molar-refractivity contribution in [2.75, 3.05) is 31.0 Å². The molecule has 4 atom stereocenters. The number of aryl methyl sites for hydroxylation is 1. The van der Waals surface area contributed by atoms with Crippen LogP contribution in [-0.4, -0.2) is 68.9 Å². The summed E-state index contributed by atoms with van der Waals surface area (Å²) >= 11 is 0. The number of anilines is 2. The molecule has 5 rings (SSSR count). The van der Waals surface area contributed by atoms with Crippen LogP contribution in [0, 0.1) is 12.7 Å². The fraction of sp³-hybridized carbons (Fsp3) is 0.360. The van der Waals surface area contributed by atoms with E-state index >= 15 is 0 Å². The molecule has 2 saturated heterocycles. The molecule has 9 nitrogen and oxygen atoms in total. The Kier molecular flexibility index (Phi) is 6.19. The van der Waals surface area contributed by atoms with E-state index in [1.807, 2.05) is 13.0 Å². The lowest BCUT2D eigenvalue weighted by Gasteiger charge is -2.30. The first-order valence-corrected chi connectivity index (χ1v) is 13.7. The highest BCUT2D eigenvalue weighted by atomic mass is 32.2. The highest BCUT2D eigenvalue weighted by Gasteiger charge is 2.59. The summed E-state index contributed by atoms with van der Waals surface area (Å²) in [5.74, 6) is 0.229. The summed E-state index contributed by atoms with van der Waals surface area (Å²) in [5.41, 5.74) is 1.43. The van der Waals surface area contributed by atoms with E-state index in [1.165, 1.54) is 18.5 Å². The Hall–Kier alpha value is -3.12. The summed E-state index contributed by atoms with van der Waals surface area (Å²) < 4.78 is 48.5. The summed E-state index contributed by atoms with van der Waals surface area (Å²) in [7, 11) is -2.34. The molecule has 0 bridgehead atoms. The molecular weight excluding hydrogens is 487 g/mol. The van der Waals surface area contributed by atoms with Crippen LogP contribution < -0.4 is 10.1 Å². The molecule has 0 amide bonds. The van der Waals surface area contributed by atoms with E-state index < -0.39 is 39.5 Å². The summed E-state index contributed by atoms with van der Waals surface area (Å²) in [4.78, 5) is 8.75. The molecule has 3 aromatic rings. The van der Waals surface area contributed by atoms with Gasteiger partial charge in [-0.1, -0.05) is 12.7 Å². The van der Waals surface area contributed by atoms with Gasteiger partial charge in [0, 0.05) is 33.7 Å². The third-order valence-corrected chi connectivity index (χ3v) is 6.91. The van der Waals surface area contributed by atoms with Crippen molar-refractivity contribution in [2.45, 2.75) is 30.8 Å². The van der Waals surface area contributed by atoms with Gasteiger partial charge in [0.2, 0.25) is 0 Å². The van der Waals surface area contributed by atoms with Gasteiger partial charge in [0.25, 0.3) is 0 Å². The molecule has 0 aliphatic carbocycles. The van der Waals surface area contributed by atoms with E-state index in [4.69, 9.17) is 14.2 Å². The van der Waals surface area contributed by atoms with E-state index in [1.54, 1.807) is 30.7 Å². The number of hydrogen-bond acceptors (Lipinski definition) is 9. The zero-order valence-corrected chi connectivity index (χ0v) is 20.9. The summed E-state index contributed by atoms with van der Waals surface area (Å²) in [6, 6.07) is 7.70. The van der Waals surface area contributed by atoms with Crippen LogP contribution in [0.5, 0.6) is 5.75 Å². The van der Waals surface area contributed by atoms with Crippen LogP contribution in [0.2, 0.25) is 0 Å². The Labute approximate surface area is 208 Å². The maximum absolute atomic E-state index is 14.3. The van der Waals surface area contributed by atoms with E-state index in [-0.39, 0.29) is 19.0 Å². The molecule has 0 saturated carbocycles. The molecule has 2 unspecified atom stereocenters. The first-order valence-electron chi connectivity index (χ1n) is 11.3. The minimum absolute atomic E-state index is 0.0936. The molecule has 2 aromatic carbocycles. The number of aromatic nitrogens is 2. The second kappa shape index (κ2) is 9.07. The number of halogens is 1. The second-order valence-corrected chi connectivity index (χ2v) is 11.8. The third kappa shape index (κ3) is 4.43. The van der Waals surface area contributed by atoms with Crippen LogP contribution in [0.4, 0.5) is 21.6 Å². The van der Waals surface area contributed by atoms with Crippen LogP contribution >= 0.6 is 0 Å². The lowest BCUT2D eigenvalue weighted by molar-refractivity contribution is -0.0299. The van der Waals surface area contributed by atoms with Crippen molar-refractivity contribution in [3.05, 3.63) is 60.7 Å². The highest BCUT2D eigenvalue weighted by Crippen LogP contribution is 2.42. The van der Waals surface area contributed by atoms with Crippen molar-refractivity contribution >= 4 is 37.8 Å². The summed E-state index contributed by atoms with van der Waals surface area (Å²) in [6.45, 7) is 5.98. The Morgan fingerprint density at radius 3 is 2.86 bits per heavy atom. The Morgan fingerprint density at radius 2 is 2.11 bits per heavy atom. The molecule has 2 fully saturated rings. The van der Waals surface area contributed by atoms with Crippen molar-refractivity contribution < 1.29 is 27.9 Å². The lowest BCUT2D eigenvalue weighted by atomic mass is 9.92. The molecule has 1 aromatic heterocycles. The van der Waals surface area contributed by atoms with Gasteiger partial charge in [-0.25, -0.2) is 18.6 Å². The van der Waals surface area contributed by atoms with Crippen LogP contribution in [0.25, 0.3) is 10.9 Å². The number of hydrogen-bond donors (Lipinski definition) is 2. The molecule has 0 spiro atoms. The Bertz CT molecular complexity index is 1470. The zero-order valence-electron chi connectivity index (χ0n) is 20.1. The maximum atomic E-state index is 14.3. The standard InChI is InChI=1S/C25H27FN4O5S/c1-5-25-21(12-33-23(25)19(31)11-34-25)35-20-9-15(26)6-7-17(20)29-24-22-14(2)8-16(30-36(3,4)32)10-18(22)27-13-28-24/h5-10,13,19,21,23,31H,1,11-12H2,2-4H3,(H,27,28,29)/t19-,21+,23?,25?/m0/s1. The van der Waals surface area contributed by atoms with Crippen molar-refractivity contribution in [1.82, 2.24) is 9.97 Å². The van der Waals surface area contributed by atoms with Gasteiger partial charge in [-0.05, 0) is 36.8 Å². The molecule has 190 valence electrons. The number of aliphatic hydroxyl groups is 1. The van der Waals surface area contributed by atoms with Gasteiger partial charge >= 0.3 is 0 Å². The number of aliphatic hydroxyl groups excluding tert-OH is 1. The first-order chi connectivity index (χ1) is 17.1. The molecular formula is C25H27FN4O5S. The number of nitrogens with zero attached hydrogens (tertiary/aromatic N) is 3. The van der Waals surface area contributed by atoms with Gasteiger partial charge in [-0.2, -0.15) is 4.36 Å². The molecule has 3 heterocycles. The van der Waals surface area contributed by atoms with Gasteiger partial charge in [0.15, 0.2) is 11.7 Å². The first kappa shape index (κ1) is 24.6. The van der Waals surface area contributed by atoms with E-state index in [9.17, 15) is 13.7 Å². The lowest BCUT2D eigenvalue weighted by Crippen LogP contribution is -2.47. The SMILES string of the molecule is C=CC12OC[C@H](O)C1OC[C@H]2Oc1cc(F)ccc1Nc1ncnc2cc(N=S(C)(C)=O)cc(C)c12. The van der Waals surface area contributed by atoms with E-state index in [0.717, 1.165) is 10.9 Å². The van der Waals surface area contributed by atoms with Crippen molar-refractivity contribution in [2.24, 2.45) is 4.36 Å². The van der Waals surface area contributed by atoms with Crippen LogP contribution in [0.3, 0.4) is 0 Å². The van der Waals surface area contributed by atoms with Crippen LogP contribution in [0.1, 0.15) is 5.56 Å². The van der Waals surface area contributed by atoms with Crippen molar-refractivity contribution in [3.63, 3.8) is 0 Å². The zero-order chi connectivity index (χ0) is 25.7. The van der Waals surface area contributed by atoms with Gasteiger partial charge < -0.3 is 24.6 Å². The van der Waals surface area contributed by atoms with Crippen molar-refractivity contribution in [3.8, 4) is 5.75 Å². The minimum atomic E-state index is -2.34. The molecule has 2 aliphatic heterocycles. The van der Waals surface area contributed by atoms with Gasteiger partial charge in [-0.3, -0.25) is 0 Å². The molecule has 36 heavy (non-hydrogen) atoms. The predicted octanol–water partition coefficient (Wildman–Crippen LogP) is 3.64. The van der Waals surface area contributed by atoms with Crippen LogP contribution in [0.15, 0.2) is 53.7 Å². The number of fused-ring (bicyclic) bond motifs is 2. The predicted molar refractivity (Wildman–Crippen MR) is 135 cm³/mol. The van der Waals surface area contributed by atoms with Gasteiger partial charge in [0.05, 0.1) is 30.1 Å². The average molecular weight is 515 g/mol. The number of benzene rings is 2. The highest BCUT2D eigenvalue weighted by molar-refractivity contribution is 7.92. The quantitative estimate of drug-likeness (QED) is 0.479. The number of ether oxygens (including phenoxy) is 3. The average Bonchev–Trinajstić information content (AvgIpc) is 3.32. The number of rotatable bonds is 6. The second-order valence-electron chi connectivity index (χ2n) is 9.21. The fourth-order valence-electron chi connectivity index (χ4n) is 4.72. The topological polar surface area (TPSA) is 115 Å². The van der Waals surface area contributed by atoms with Crippen LogP contribution in [-0.2, 0) is 19.2 Å². The summed E-state index contributed by atoms with van der Waals surface area (Å²) in [5, 5.41) is 14.2. The maximum Gasteiger partial charge on any atom is 0.157 e. The van der Waals surface area contributed by atoms with Gasteiger partial charge in [0.1, 0.15) is 35.9 Å². The largest absolute Gasteiger partial charge is 0.482 e. The Morgan fingerprint density at radius 1 is 1.31 bits per heavy atom. The Balaban J connectivity index is 1.51. The fourth-order valence-corrected chi connectivity index (χ4v) is 5.34. The number of nitrogens with one attached hydrogen (secondary N) is 1. The molecule has 11 heteroatoms. The normalized spacial score (nSPS) is 25.5. The minimum Gasteiger partial charge on any atom is -0.482 e. The smallest absolute Gasteiger partial charge is 0.157 e. The molecule has 2 aliphatic rings. The van der Waals surface area contributed by atoms with Gasteiger partial charge in [-0.15, -0.1) is 0 Å². The third-order valence-electron chi connectivity index (χ3n) is 6.26. The van der Waals surface area contributed by atoms with E-state index in [2.05, 4.69) is 26.2 Å². The van der Waals surface area contributed by atoms with Crippen molar-refractivity contribution in [1.29, 1.82) is 0 Å². The summed E-state index contributed by atoms with van der Waals surface area (Å²) in [6.07, 6.45) is 4.06. The van der Waals surface area contributed by atoms with E-state index in [0.29, 0.717) is 22.7 Å². The molecule has 0 radical (unpaired) electrons. The molecule has 2 N–H and O–H groups in total.